The average Bonchev–Trinajstić information content (AvgIpc) is 2.78. The smallest absolute Gasteiger partial charge is 0.326 e. The van der Waals surface area contributed by atoms with Crippen LogP contribution in [0.1, 0.15) is 25.7 Å². The summed E-state index contributed by atoms with van der Waals surface area (Å²) in [6, 6.07) is -0.641. The molecule has 2 rings (SSSR count). The van der Waals surface area contributed by atoms with Crippen LogP contribution in [-0.4, -0.2) is 47.4 Å². The summed E-state index contributed by atoms with van der Waals surface area (Å²) in [6.07, 6.45) is 2.58. The molecule has 0 aromatic carbocycles. The molecule has 16 heavy (non-hydrogen) atoms. The van der Waals surface area contributed by atoms with E-state index in [1.54, 1.807) is 4.90 Å². The normalized spacial score (nSPS) is 23.8. The second kappa shape index (κ2) is 5.48. The van der Waals surface area contributed by atoms with E-state index >= 15 is 0 Å². The third-order valence-corrected chi connectivity index (χ3v) is 2.60. The minimum atomic E-state index is -0.944. The van der Waals surface area contributed by atoms with Crippen LogP contribution in [0.25, 0.3) is 0 Å². The number of carbonyl (C=O) groups is 3. The van der Waals surface area contributed by atoms with Crippen molar-refractivity contribution in [1.29, 1.82) is 0 Å². The van der Waals surface area contributed by atoms with E-state index in [4.69, 9.17) is 5.11 Å². The van der Waals surface area contributed by atoms with Crippen molar-refractivity contribution in [3.63, 3.8) is 0 Å². The van der Waals surface area contributed by atoms with E-state index in [0.717, 1.165) is 19.4 Å². The van der Waals surface area contributed by atoms with Crippen molar-refractivity contribution in [2.45, 2.75) is 31.7 Å². The second-order valence-electron chi connectivity index (χ2n) is 3.92. The fraction of sp³-hybridized carbons (Fsp3) is 0.700. The van der Waals surface area contributed by atoms with E-state index in [1.165, 1.54) is 0 Å². The van der Waals surface area contributed by atoms with E-state index in [2.05, 4.69) is 5.32 Å². The van der Waals surface area contributed by atoms with Gasteiger partial charge in [0.25, 0.3) is 0 Å². The largest absolute Gasteiger partial charge is 0.480 e. The molecule has 2 aliphatic rings. The number of hydrogen-bond acceptors (Lipinski definition) is 3. The van der Waals surface area contributed by atoms with Crippen molar-refractivity contribution in [3.05, 3.63) is 0 Å². The van der Waals surface area contributed by atoms with Crippen molar-refractivity contribution in [1.82, 2.24) is 10.2 Å². The molecule has 0 radical (unpaired) electrons. The number of carbonyl (C=O) groups excluding carboxylic acids is 2. The number of likely N-dealkylation sites (tertiary alicyclic amines) is 1. The molecule has 0 saturated carbocycles. The van der Waals surface area contributed by atoms with Gasteiger partial charge in [-0.2, -0.15) is 0 Å². The monoisotopic (exact) mass is 228 g/mol. The molecule has 2 amide bonds. The number of aliphatic carboxylic acids is 1. The standard InChI is InChI=1S/C5H7NO3.C5H9NO/c7-4-2-1-3(6-4)5(8)9;1-6-4-2-3-5(6)7/h3H,1-2H2,(H,6,7)(H,8,9);2-4H2,1H3. The Balaban J connectivity index is 0.000000165. The van der Waals surface area contributed by atoms with Crippen LogP contribution in [0.2, 0.25) is 0 Å². The summed E-state index contributed by atoms with van der Waals surface area (Å²) in [5.41, 5.74) is 0. The molecule has 0 bridgehead atoms. The van der Waals surface area contributed by atoms with Gasteiger partial charge < -0.3 is 15.3 Å². The van der Waals surface area contributed by atoms with Gasteiger partial charge in [-0.05, 0) is 12.8 Å². The van der Waals surface area contributed by atoms with Gasteiger partial charge in [0, 0.05) is 26.4 Å². The molecule has 2 aliphatic heterocycles. The molecule has 0 aromatic heterocycles. The minimum Gasteiger partial charge on any atom is -0.480 e. The van der Waals surface area contributed by atoms with Crippen LogP contribution in [0, 0.1) is 0 Å². The molecule has 1 atom stereocenters. The van der Waals surface area contributed by atoms with E-state index in [9.17, 15) is 14.4 Å². The highest BCUT2D eigenvalue weighted by atomic mass is 16.4. The quantitative estimate of drug-likeness (QED) is 0.638. The molecule has 0 aromatic rings. The molecule has 1 unspecified atom stereocenters. The lowest BCUT2D eigenvalue weighted by atomic mass is 10.2. The van der Waals surface area contributed by atoms with Crippen molar-refractivity contribution < 1.29 is 19.5 Å². The zero-order valence-corrected chi connectivity index (χ0v) is 9.23. The van der Waals surface area contributed by atoms with Crippen molar-refractivity contribution in [2.24, 2.45) is 0 Å². The first kappa shape index (κ1) is 12.5. The van der Waals surface area contributed by atoms with E-state index in [0.29, 0.717) is 18.7 Å². The second-order valence-corrected chi connectivity index (χ2v) is 3.92. The topological polar surface area (TPSA) is 86.7 Å². The van der Waals surface area contributed by atoms with Gasteiger partial charge in [0.2, 0.25) is 11.8 Å². The fourth-order valence-corrected chi connectivity index (χ4v) is 1.58. The van der Waals surface area contributed by atoms with E-state index < -0.39 is 12.0 Å². The van der Waals surface area contributed by atoms with Gasteiger partial charge in [0.1, 0.15) is 6.04 Å². The zero-order chi connectivity index (χ0) is 12.1. The Morgan fingerprint density at radius 3 is 2.31 bits per heavy atom. The Kier molecular flexibility index (Phi) is 4.28. The van der Waals surface area contributed by atoms with Crippen LogP contribution in [0.4, 0.5) is 0 Å². The Bertz CT molecular complexity index is 303. The number of carboxylic acids is 1. The number of rotatable bonds is 1. The summed E-state index contributed by atoms with van der Waals surface area (Å²) < 4.78 is 0. The predicted molar refractivity (Wildman–Crippen MR) is 55.7 cm³/mol. The maximum Gasteiger partial charge on any atom is 0.326 e. The van der Waals surface area contributed by atoms with Crippen LogP contribution >= 0.6 is 0 Å². The maximum atomic E-state index is 10.5. The third kappa shape index (κ3) is 3.52. The molecule has 2 saturated heterocycles. The van der Waals surface area contributed by atoms with Crippen molar-refractivity contribution in [3.8, 4) is 0 Å². The third-order valence-electron chi connectivity index (χ3n) is 2.60. The van der Waals surface area contributed by atoms with Gasteiger partial charge in [-0.25, -0.2) is 4.79 Å². The number of carboxylic acid groups (broad SMARTS) is 1. The van der Waals surface area contributed by atoms with Crippen LogP contribution in [0.3, 0.4) is 0 Å². The fourth-order valence-electron chi connectivity index (χ4n) is 1.58. The maximum absolute atomic E-state index is 10.5. The van der Waals surface area contributed by atoms with E-state index in [-0.39, 0.29) is 5.91 Å². The zero-order valence-electron chi connectivity index (χ0n) is 9.23. The molecule has 6 nitrogen and oxygen atoms in total. The number of nitrogens with zero attached hydrogens (tertiary/aromatic N) is 1. The Labute approximate surface area is 93.6 Å². The summed E-state index contributed by atoms with van der Waals surface area (Å²) in [6.45, 7) is 0.957. The van der Waals surface area contributed by atoms with E-state index in [1.807, 2.05) is 7.05 Å². The number of hydrogen-bond donors (Lipinski definition) is 2. The van der Waals surface area contributed by atoms with Crippen LogP contribution in [0.15, 0.2) is 0 Å². The van der Waals surface area contributed by atoms with Crippen LogP contribution < -0.4 is 5.32 Å². The number of nitrogens with one attached hydrogen (secondary N) is 1. The Hall–Kier alpha value is -1.59. The predicted octanol–water partition coefficient (Wildman–Crippen LogP) is -0.412. The summed E-state index contributed by atoms with van der Waals surface area (Å²) in [5.74, 6) is -0.816. The van der Waals surface area contributed by atoms with Gasteiger partial charge in [0.05, 0.1) is 0 Å². The van der Waals surface area contributed by atoms with Gasteiger partial charge in [-0.3, -0.25) is 9.59 Å². The van der Waals surface area contributed by atoms with Gasteiger partial charge in [0.15, 0.2) is 0 Å². The Morgan fingerprint density at radius 1 is 1.44 bits per heavy atom. The summed E-state index contributed by atoms with van der Waals surface area (Å²) in [7, 11) is 1.84. The molecule has 2 heterocycles. The Morgan fingerprint density at radius 2 is 2.12 bits per heavy atom. The lowest BCUT2D eigenvalue weighted by molar-refractivity contribution is -0.140. The summed E-state index contributed by atoms with van der Waals surface area (Å²) in [4.78, 5) is 32.8. The lowest BCUT2D eigenvalue weighted by Crippen LogP contribution is -2.32. The highest BCUT2D eigenvalue weighted by Crippen LogP contribution is 2.05. The first-order valence-electron chi connectivity index (χ1n) is 5.27. The van der Waals surface area contributed by atoms with Gasteiger partial charge in [-0.15, -0.1) is 0 Å². The van der Waals surface area contributed by atoms with Crippen LogP contribution in [-0.2, 0) is 14.4 Å². The first-order chi connectivity index (χ1) is 7.50. The van der Waals surface area contributed by atoms with Crippen molar-refractivity contribution >= 4 is 17.8 Å². The highest BCUT2D eigenvalue weighted by molar-refractivity contribution is 5.87. The lowest BCUT2D eigenvalue weighted by Gasteiger charge is -2.03. The minimum absolute atomic E-state index is 0.164. The van der Waals surface area contributed by atoms with Gasteiger partial charge >= 0.3 is 5.97 Å². The first-order valence-corrected chi connectivity index (χ1v) is 5.27. The average molecular weight is 228 g/mol. The molecule has 2 N–H and O–H groups in total. The molecular weight excluding hydrogens is 212 g/mol. The molecule has 0 aliphatic carbocycles. The van der Waals surface area contributed by atoms with Gasteiger partial charge in [-0.1, -0.05) is 0 Å². The summed E-state index contributed by atoms with van der Waals surface area (Å²) >= 11 is 0. The number of amides is 2. The van der Waals surface area contributed by atoms with Crippen molar-refractivity contribution in [2.75, 3.05) is 13.6 Å². The molecule has 0 spiro atoms. The molecule has 90 valence electrons. The summed E-state index contributed by atoms with van der Waals surface area (Å²) in [5, 5.41) is 10.6. The van der Waals surface area contributed by atoms with Crippen LogP contribution in [0.5, 0.6) is 0 Å². The molecular formula is C10H16N2O4. The highest BCUT2D eigenvalue weighted by Gasteiger charge is 2.26. The molecule has 6 heteroatoms. The SMILES string of the molecule is CN1CCCC1=O.O=C1CCC(C(=O)O)N1. The molecule has 2 fully saturated rings.